The summed E-state index contributed by atoms with van der Waals surface area (Å²) < 4.78 is 3.35. The van der Waals surface area contributed by atoms with Crippen molar-refractivity contribution < 1.29 is 0 Å². The minimum atomic E-state index is -0.286. The number of pyridine rings is 1. The predicted molar refractivity (Wildman–Crippen MR) is 141 cm³/mol. The standard InChI is InChI=1S/C28H18ClN5O2/c29-21-10-12-23(13-11-21)34-26(19-8-6-18(7-9-19)20-14-15-30-24(35)16-20)32-27-25(28(34)36)31-17-33(27)22-4-2-1-3-5-22/h1-17H,(H,30,35). The van der Waals surface area contributed by atoms with E-state index in [0.29, 0.717) is 22.2 Å². The van der Waals surface area contributed by atoms with Crippen LogP contribution in [0.1, 0.15) is 0 Å². The zero-order chi connectivity index (χ0) is 24.6. The second kappa shape index (κ2) is 8.79. The van der Waals surface area contributed by atoms with E-state index in [0.717, 1.165) is 22.4 Å². The van der Waals surface area contributed by atoms with Gasteiger partial charge in [0.15, 0.2) is 11.2 Å². The smallest absolute Gasteiger partial charge is 0.286 e. The third-order valence-corrected chi connectivity index (χ3v) is 6.19. The van der Waals surface area contributed by atoms with E-state index in [-0.39, 0.29) is 16.6 Å². The van der Waals surface area contributed by atoms with Gasteiger partial charge in [0.1, 0.15) is 12.2 Å². The van der Waals surface area contributed by atoms with Crippen molar-refractivity contribution in [3.8, 4) is 33.9 Å². The normalized spacial score (nSPS) is 11.1. The lowest BCUT2D eigenvalue weighted by Gasteiger charge is -2.14. The Labute approximate surface area is 209 Å². The molecule has 0 aliphatic rings. The average Bonchev–Trinajstić information content (AvgIpc) is 3.34. The lowest BCUT2D eigenvalue weighted by molar-refractivity contribution is 0.962. The molecule has 6 rings (SSSR count). The summed E-state index contributed by atoms with van der Waals surface area (Å²) in [7, 11) is 0. The number of hydrogen-bond donors (Lipinski definition) is 1. The molecule has 0 bridgehead atoms. The van der Waals surface area contributed by atoms with Crippen LogP contribution in [0.5, 0.6) is 0 Å². The molecule has 0 unspecified atom stereocenters. The number of rotatable bonds is 4. The average molecular weight is 492 g/mol. The van der Waals surface area contributed by atoms with E-state index in [2.05, 4.69) is 9.97 Å². The molecule has 0 saturated heterocycles. The predicted octanol–water partition coefficient (Wildman–Crippen LogP) is 5.25. The van der Waals surface area contributed by atoms with Gasteiger partial charge in [0.2, 0.25) is 5.56 Å². The minimum Gasteiger partial charge on any atom is -0.329 e. The second-order valence-electron chi connectivity index (χ2n) is 8.19. The van der Waals surface area contributed by atoms with Crippen LogP contribution >= 0.6 is 11.6 Å². The van der Waals surface area contributed by atoms with Gasteiger partial charge in [-0.2, -0.15) is 0 Å². The third kappa shape index (κ3) is 3.81. The Kier molecular flexibility index (Phi) is 5.32. The van der Waals surface area contributed by atoms with Gasteiger partial charge in [0.05, 0.1) is 5.69 Å². The first-order chi connectivity index (χ1) is 17.6. The Bertz CT molecular complexity index is 1820. The number of aromatic nitrogens is 5. The molecular formula is C28H18ClN5O2. The maximum atomic E-state index is 13.8. The number of H-pyrrole nitrogens is 1. The van der Waals surface area contributed by atoms with Gasteiger partial charge in [-0.05, 0) is 53.6 Å². The van der Waals surface area contributed by atoms with Gasteiger partial charge >= 0.3 is 0 Å². The molecule has 3 heterocycles. The van der Waals surface area contributed by atoms with Crippen molar-refractivity contribution in [1.82, 2.24) is 24.1 Å². The molecule has 3 aromatic heterocycles. The Balaban J connectivity index is 1.59. The number of aromatic amines is 1. The number of fused-ring (bicyclic) bond motifs is 1. The molecule has 0 aliphatic carbocycles. The van der Waals surface area contributed by atoms with Crippen LogP contribution in [0, 0.1) is 0 Å². The molecule has 0 aliphatic heterocycles. The highest BCUT2D eigenvalue weighted by Crippen LogP contribution is 2.26. The summed E-state index contributed by atoms with van der Waals surface area (Å²) in [6.07, 6.45) is 3.23. The molecule has 0 radical (unpaired) electrons. The van der Waals surface area contributed by atoms with Crippen molar-refractivity contribution in [1.29, 1.82) is 0 Å². The van der Waals surface area contributed by atoms with Crippen molar-refractivity contribution in [3.05, 3.63) is 129 Å². The summed E-state index contributed by atoms with van der Waals surface area (Å²) in [6.45, 7) is 0. The molecule has 7 nitrogen and oxygen atoms in total. The van der Waals surface area contributed by atoms with Gasteiger partial charge in [-0.1, -0.05) is 54.1 Å². The minimum absolute atomic E-state index is 0.172. The SMILES string of the molecule is O=c1cc(-c2ccc(-c3nc4c(ncn4-c4ccccc4)c(=O)n3-c3ccc(Cl)cc3)cc2)cc[nH]1. The van der Waals surface area contributed by atoms with E-state index >= 15 is 0 Å². The van der Waals surface area contributed by atoms with Gasteiger partial charge in [-0.15, -0.1) is 0 Å². The molecule has 0 saturated carbocycles. The first-order valence-corrected chi connectivity index (χ1v) is 11.6. The van der Waals surface area contributed by atoms with E-state index in [1.807, 2.05) is 60.7 Å². The van der Waals surface area contributed by atoms with Gasteiger partial charge in [-0.25, -0.2) is 9.97 Å². The third-order valence-electron chi connectivity index (χ3n) is 5.94. The monoisotopic (exact) mass is 491 g/mol. The maximum Gasteiger partial charge on any atom is 0.286 e. The lowest BCUT2D eigenvalue weighted by Crippen LogP contribution is -2.22. The summed E-state index contributed by atoms with van der Waals surface area (Å²) in [5.41, 5.74) is 4.15. The number of imidazole rings is 1. The first-order valence-electron chi connectivity index (χ1n) is 11.2. The van der Waals surface area contributed by atoms with Crippen molar-refractivity contribution in [3.63, 3.8) is 0 Å². The quantitative estimate of drug-likeness (QED) is 0.365. The zero-order valence-electron chi connectivity index (χ0n) is 18.8. The molecule has 8 heteroatoms. The molecule has 0 atom stereocenters. The van der Waals surface area contributed by atoms with E-state index < -0.39 is 0 Å². The molecule has 3 aromatic carbocycles. The molecule has 174 valence electrons. The van der Waals surface area contributed by atoms with Crippen LogP contribution in [-0.2, 0) is 0 Å². The molecule has 0 fully saturated rings. The summed E-state index contributed by atoms with van der Waals surface area (Å²) in [6, 6.07) is 27.6. The summed E-state index contributed by atoms with van der Waals surface area (Å²) >= 11 is 6.11. The summed E-state index contributed by atoms with van der Waals surface area (Å²) in [5.74, 6) is 0.463. The Morgan fingerprint density at radius 3 is 2.19 bits per heavy atom. The summed E-state index contributed by atoms with van der Waals surface area (Å²) in [4.78, 5) is 37.5. The van der Waals surface area contributed by atoms with Crippen molar-refractivity contribution >= 4 is 22.8 Å². The fourth-order valence-electron chi connectivity index (χ4n) is 4.19. The van der Waals surface area contributed by atoms with Crippen LogP contribution in [0.3, 0.4) is 0 Å². The Morgan fingerprint density at radius 2 is 1.47 bits per heavy atom. The second-order valence-corrected chi connectivity index (χ2v) is 8.63. The number of nitrogens with zero attached hydrogens (tertiary/aromatic N) is 4. The first kappa shape index (κ1) is 21.8. The molecule has 1 N–H and O–H groups in total. The van der Waals surface area contributed by atoms with Crippen molar-refractivity contribution in [2.75, 3.05) is 0 Å². The van der Waals surface area contributed by atoms with Gasteiger partial charge in [-0.3, -0.25) is 18.7 Å². The molecular weight excluding hydrogens is 474 g/mol. The van der Waals surface area contributed by atoms with Gasteiger partial charge in [0.25, 0.3) is 5.56 Å². The van der Waals surface area contributed by atoms with Crippen LogP contribution in [0.4, 0.5) is 0 Å². The van der Waals surface area contributed by atoms with Crippen molar-refractivity contribution in [2.24, 2.45) is 0 Å². The fraction of sp³-hybridized carbons (Fsp3) is 0. The number of para-hydroxylation sites is 1. The maximum absolute atomic E-state index is 13.8. The van der Waals surface area contributed by atoms with Gasteiger partial charge < -0.3 is 4.98 Å². The Hall–Kier alpha value is -4.75. The van der Waals surface area contributed by atoms with Crippen LogP contribution in [0.2, 0.25) is 5.02 Å². The van der Waals surface area contributed by atoms with Crippen LogP contribution in [0.15, 0.2) is 113 Å². The highest BCUT2D eigenvalue weighted by Gasteiger charge is 2.19. The number of nitrogens with one attached hydrogen (secondary N) is 1. The highest BCUT2D eigenvalue weighted by atomic mass is 35.5. The van der Waals surface area contributed by atoms with Crippen LogP contribution < -0.4 is 11.1 Å². The fourth-order valence-corrected chi connectivity index (χ4v) is 4.31. The van der Waals surface area contributed by atoms with E-state index in [4.69, 9.17) is 16.6 Å². The number of hydrogen-bond acceptors (Lipinski definition) is 4. The lowest BCUT2D eigenvalue weighted by atomic mass is 10.0. The topological polar surface area (TPSA) is 85.6 Å². The number of halogens is 1. The largest absolute Gasteiger partial charge is 0.329 e. The summed E-state index contributed by atoms with van der Waals surface area (Å²) in [5, 5.41) is 0.568. The molecule has 6 aromatic rings. The van der Waals surface area contributed by atoms with Crippen LogP contribution in [0.25, 0.3) is 45.1 Å². The van der Waals surface area contributed by atoms with Gasteiger partial charge in [0, 0.05) is 28.5 Å². The number of benzene rings is 3. The van der Waals surface area contributed by atoms with E-state index in [1.165, 1.54) is 0 Å². The van der Waals surface area contributed by atoms with E-state index in [9.17, 15) is 9.59 Å². The van der Waals surface area contributed by atoms with Crippen LogP contribution in [-0.4, -0.2) is 24.1 Å². The molecule has 0 amide bonds. The Morgan fingerprint density at radius 1 is 0.750 bits per heavy atom. The molecule has 0 spiro atoms. The highest BCUT2D eigenvalue weighted by molar-refractivity contribution is 6.30. The van der Waals surface area contributed by atoms with Crippen molar-refractivity contribution in [2.45, 2.75) is 0 Å². The zero-order valence-corrected chi connectivity index (χ0v) is 19.6. The molecule has 36 heavy (non-hydrogen) atoms. The van der Waals surface area contributed by atoms with E-state index in [1.54, 1.807) is 52.0 Å².